The van der Waals surface area contributed by atoms with E-state index in [9.17, 15) is 0 Å². The molecule has 0 N–H and O–H groups in total. The van der Waals surface area contributed by atoms with Crippen LogP contribution in [-0.2, 0) is 5.41 Å². The maximum Gasteiger partial charge on any atom is 0.132 e. The molecule has 1 aliphatic rings. The minimum atomic E-state index is -0.542. The second kappa shape index (κ2) is 12.0. The van der Waals surface area contributed by atoms with Crippen molar-refractivity contribution in [2.45, 2.75) is 5.41 Å². The molecule has 1 nitrogen and oxygen atoms in total. The Labute approximate surface area is 301 Å². The van der Waals surface area contributed by atoms with Gasteiger partial charge in [-0.05, 0) is 68.8 Å². The zero-order valence-electron chi connectivity index (χ0n) is 27.8. The summed E-state index contributed by atoms with van der Waals surface area (Å²) in [6, 6.07) is 70.2. The quantitative estimate of drug-likeness (QED) is 0.177. The first-order valence-corrected chi connectivity index (χ1v) is 18.2. The molecule has 1 aromatic heterocycles. The fourth-order valence-corrected chi connectivity index (χ4v) is 9.43. The van der Waals surface area contributed by atoms with Gasteiger partial charge in [0.2, 0.25) is 0 Å². The lowest BCUT2D eigenvalue weighted by atomic mass is 9.63. The van der Waals surface area contributed by atoms with Crippen molar-refractivity contribution >= 4 is 31.5 Å². The molecule has 1 aliphatic heterocycles. The third-order valence-electron chi connectivity index (χ3n) is 10.5. The summed E-state index contributed by atoms with van der Waals surface area (Å²) in [6.07, 6.45) is 0. The Morgan fingerprint density at radius 3 is 1.65 bits per heavy atom. The molecule has 51 heavy (non-hydrogen) atoms. The summed E-state index contributed by atoms with van der Waals surface area (Å²) in [5.41, 5.74) is 11.3. The van der Waals surface area contributed by atoms with Gasteiger partial charge in [-0.15, -0.1) is 11.3 Å². The second-order valence-electron chi connectivity index (χ2n) is 13.2. The van der Waals surface area contributed by atoms with E-state index in [0.717, 1.165) is 28.2 Å². The van der Waals surface area contributed by atoms with Gasteiger partial charge in [0.1, 0.15) is 11.5 Å². The summed E-state index contributed by atoms with van der Waals surface area (Å²) in [4.78, 5) is 0. The van der Waals surface area contributed by atoms with Gasteiger partial charge in [-0.2, -0.15) is 0 Å². The molecule has 2 heteroatoms. The van der Waals surface area contributed by atoms with Crippen LogP contribution in [0.15, 0.2) is 194 Å². The molecule has 0 saturated heterocycles. The van der Waals surface area contributed by atoms with Crippen LogP contribution in [0.5, 0.6) is 11.5 Å². The van der Waals surface area contributed by atoms with E-state index in [1.807, 2.05) is 11.3 Å². The van der Waals surface area contributed by atoms with Crippen molar-refractivity contribution in [3.63, 3.8) is 0 Å². The monoisotopic (exact) mass is 668 g/mol. The molecule has 0 unspecified atom stereocenters. The molecule has 0 spiro atoms. The molecular weight excluding hydrogens is 637 g/mol. The van der Waals surface area contributed by atoms with E-state index >= 15 is 0 Å². The molecule has 240 valence electrons. The maximum atomic E-state index is 6.86. The third-order valence-corrected chi connectivity index (χ3v) is 11.6. The van der Waals surface area contributed by atoms with E-state index in [0.29, 0.717) is 0 Å². The lowest BCUT2D eigenvalue weighted by Gasteiger charge is -2.41. The first kappa shape index (κ1) is 29.7. The second-order valence-corrected chi connectivity index (χ2v) is 14.2. The molecule has 2 heterocycles. The molecule has 9 aromatic rings. The van der Waals surface area contributed by atoms with Crippen molar-refractivity contribution in [1.29, 1.82) is 0 Å². The van der Waals surface area contributed by atoms with Crippen molar-refractivity contribution in [3.8, 4) is 44.9 Å². The van der Waals surface area contributed by atoms with Gasteiger partial charge >= 0.3 is 0 Å². The molecule has 0 aliphatic carbocycles. The predicted molar refractivity (Wildman–Crippen MR) is 214 cm³/mol. The zero-order chi connectivity index (χ0) is 33.8. The number of hydrogen-bond donors (Lipinski definition) is 0. The number of fused-ring (bicyclic) bond motifs is 5. The molecule has 0 atom stereocenters. The first-order chi connectivity index (χ1) is 25.3. The number of para-hydroxylation sites is 1. The molecule has 0 saturated carbocycles. The number of rotatable bonds is 5. The average Bonchev–Trinajstić information content (AvgIpc) is 3.60. The zero-order valence-corrected chi connectivity index (χ0v) is 28.6. The number of ether oxygens (including phenoxy) is 1. The van der Waals surface area contributed by atoms with E-state index in [2.05, 4.69) is 194 Å². The highest BCUT2D eigenvalue weighted by Crippen LogP contribution is 2.56. The van der Waals surface area contributed by atoms with Crippen molar-refractivity contribution in [2.24, 2.45) is 0 Å². The molecule has 0 amide bonds. The lowest BCUT2D eigenvalue weighted by molar-refractivity contribution is 0.435. The highest BCUT2D eigenvalue weighted by molar-refractivity contribution is 7.25. The van der Waals surface area contributed by atoms with E-state index in [4.69, 9.17) is 4.74 Å². The summed E-state index contributed by atoms with van der Waals surface area (Å²) in [5.74, 6) is 1.75. The Hall–Kier alpha value is -6.22. The van der Waals surface area contributed by atoms with E-state index in [-0.39, 0.29) is 0 Å². The van der Waals surface area contributed by atoms with Crippen molar-refractivity contribution in [2.75, 3.05) is 0 Å². The van der Waals surface area contributed by atoms with E-state index < -0.39 is 5.41 Å². The summed E-state index contributed by atoms with van der Waals surface area (Å²) in [6.45, 7) is 0. The maximum absolute atomic E-state index is 6.86. The lowest BCUT2D eigenvalue weighted by Crippen LogP contribution is -2.34. The van der Waals surface area contributed by atoms with Gasteiger partial charge in [0.15, 0.2) is 0 Å². The predicted octanol–water partition coefficient (Wildman–Crippen LogP) is 13.5. The van der Waals surface area contributed by atoms with Gasteiger partial charge in [0.05, 0.1) is 5.41 Å². The van der Waals surface area contributed by atoms with Gasteiger partial charge in [0.25, 0.3) is 0 Å². The standard InChI is InChI=1S/C49H32OS/c1-3-16-34(17-4-1)49(35-18-5-2-6-19-35)42-26-12-13-27-44(42)50-45-32-33(30-31-43(45)49)36-20-7-8-21-37(36)38-22-9-10-23-39(38)40-25-15-29-47-48(40)41-24-11-14-28-46(41)51-47/h1-32H. The minimum absolute atomic E-state index is 0.542. The van der Waals surface area contributed by atoms with Crippen LogP contribution in [0, 0.1) is 0 Å². The average molecular weight is 669 g/mol. The minimum Gasteiger partial charge on any atom is -0.457 e. The Balaban J connectivity index is 1.18. The van der Waals surface area contributed by atoms with Crippen molar-refractivity contribution in [1.82, 2.24) is 0 Å². The topological polar surface area (TPSA) is 9.23 Å². The largest absolute Gasteiger partial charge is 0.457 e. The van der Waals surface area contributed by atoms with Gasteiger partial charge in [0, 0.05) is 31.3 Å². The molecule has 0 fully saturated rings. The number of benzene rings is 8. The van der Waals surface area contributed by atoms with Gasteiger partial charge < -0.3 is 4.74 Å². The molecular formula is C49H32OS. The van der Waals surface area contributed by atoms with Gasteiger partial charge in [-0.3, -0.25) is 0 Å². The van der Waals surface area contributed by atoms with Crippen LogP contribution in [0.3, 0.4) is 0 Å². The van der Waals surface area contributed by atoms with E-state index in [1.165, 1.54) is 59.1 Å². The Bertz CT molecular complexity index is 2680. The SMILES string of the molecule is c1ccc(C2(c3ccccc3)c3ccccc3Oc3cc(-c4ccccc4-c4ccccc4-c4cccc5sc6ccccc6c45)ccc32)cc1. The van der Waals surface area contributed by atoms with Crippen LogP contribution in [0.1, 0.15) is 22.3 Å². The van der Waals surface area contributed by atoms with Crippen LogP contribution in [0.2, 0.25) is 0 Å². The van der Waals surface area contributed by atoms with Gasteiger partial charge in [-0.1, -0.05) is 170 Å². The fraction of sp³-hybridized carbons (Fsp3) is 0.0204. The van der Waals surface area contributed by atoms with Crippen LogP contribution >= 0.6 is 11.3 Å². The third kappa shape index (κ3) is 4.61. The highest BCUT2D eigenvalue weighted by Gasteiger charge is 2.45. The van der Waals surface area contributed by atoms with Crippen LogP contribution in [-0.4, -0.2) is 0 Å². The van der Waals surface area contributed by atoms with Crippen LogP contribution in [0.25, 0.3) is 53.6 Å². The Kier molecular flexibility index (Phi) is 6.97. The van der Waals surface area contributed by atoms with Crippen molar-refractivity contribution < 1.29 is 4.74 Å². The molecule has 10 rings (SSSR count). The fourth-order valence-electron chi connectivity index (χ4n) is 8.30. The molecule has 0 bridgehead atoms. The summed E-state index contributed by atoms with van der Waals surface area (Å²) < 4.78 is 9.48. The summed E-state index contributed by atoms with van der Waals surface area (Å²) in [5, 5.41) is 2.63. The normalized spacial score (nSPS) is 13.0. The Morgan fingerprint density at radius 2 is 0.902 bits per heavy atom. The number of thiophene rings is 1. The van der Waals surface area contributed by atoms with Crippen LogP contribution in [0.4, 0.5) is 0 Å². The summed E-state index contributed by atoms with van der Waals surface area (Å²) in [7, 11) is 0. The van der Waals surface area contributed by atoms with Crippen molar-refractivity contribution in [3.05, 3.63) is 216 Å². The smallest absolute Gasteiger partial charge is 0.132 e. The molecule has 8 aromatic carbocycles. The van der Waals surface area contributed by atoms with Crippen LogP contribution < -0.4 is 4.74 Å². The Morgan fingerprint density at radius 1 is 0.373 bits per heavy atom. The molecule has 0 radical (unpaired) electrons. The highest BCUT2D eigenvalue weighted by atomic mass is 32.1. The van der Waals surface area contributed by atoms with E-state index in [1.54, 1.807) is 0 Å². The summed E-state index contributed by atoms with van der Waals surface area (Å²) >= 11 is 1.86. The number of hydrogen-bond acceptors (Lipinski definition) is 2. The first-order valence-electron chi connectivity index (χ1n) is 17.4. The van der Waals surface area contributed by atoms with Gasteiger partial charge in [-0.25, -0.2) is 0 Å².